The van der Waals surface area contributed by atoms with Crippen LogP contribution in [0.25, 0.3) is 10.9 Å². The van der Waals surface area contributed by atoms with Crippen molar-refractivity contribution in [1.82, 2.24) is 4.98 Å². The van der Waals surface area contributed by atoms with E-state index < -0.39 is 28.1 Å². The number of carbonyl (C=O) groups is 1. The molecule has 7 heteroatoms. The molecular weight excluding hydrogens is 339 g/mol. The van der Waals surface area contributed by atoms with E-state index in [1.54, 1.807) is 6.92 Å². The molecule has 0 aliphatic carbocycles. The standard InChI is InChI=1S/C19H15FN2O4/c1-11-14-5-3-4-6-16(14)21-12(2)15(11)10-19(23)26-18-9-13(20)7-8-17(18)22(24)25/h3-9H,10H2,1-2H3. The smallest absolute Gasteiger partial charge is 0.315 e. The van der Waals surface area contributed by atoms with Gasteiger partial charge < -0.3 is 4.74 Å². The van der Waals surface area contributed by atoms with E-state index in [4.69, 9.17) is 4.74 Å². The van der Waals surface area contributed by atoms with Gasteiger partial charge in [0.15, 0.2) is 0 Å². The summed E-state index contributed by atoms with van der Waals surface area (Å²) < 4.78 is 18.4. The SMILES string of the molecule is Cc1nc2ccccc2c(C)c1CC(=O)Oc1cc(F)ccc1[N+](=O)[O-]. The predicted molar refractivity (Wildman–Crippen MR) is 93.6 cm³/mol. The Morgan fingerprint density at radius 3 is 2.69 bits per heavy atom. The lowest BCUT2D eigenvalue weighted by Crippen LogP contribution is -2.14. The molecular formula is C19H15FN2O4. The molecule has 0 aliphatic rings. The third-order valence-corrected chi connectivity index (χ3v) is 4.15. The van der Waals surface area contributed by atoms with E-state index in [1.165, 1.54) is 0 Å². The second-order valence-electron chi connectivity index (χ2n) is 5.84. The number of nitro groups is 1. The van der Waals surface area contributed by atoms with Crippen molar-refractivity contribution < 1.29 is 18.8 Å². The molecule has 0 saturated carbocycles. The van der Waals surface area contributed by atoms with Crippen molar-refractivity contribution in [3.63, 3.8) is 0 Å². The highest BCUT2D eigenvalue weighted by molar-refractivity contribution is 5.85. The van der Waals surface area contributed by atoms with E-state index in [-0.39, 0.29) is 6.42 Å². The largest absolute Gasteiger partial charge is 0.419 e. The molecule has 3 aromatic rings. The number of carbonyl (C=O) groups excluding carboxylic acids is 1. The number of hydrogen-bond donors (Lipinski definition) is 0. The molecule has 0 atom stereocenters. The van der Waals surface area contributed by atoms with E-state index in [0.29, 0.717) is 11.3 Å². The number of hydrogen-bond acceptors (Lipinski definition) is 5. The van der Waals surface area contributed by atoms with Gasteiger partial charge in [-0.3, -0.25) is 19.9 Å². The average molecular weight is 354 g/mol. The van der Waals surface area contributed by atoms with Gasteiger partial charge in [0.2, 0.25) is 5.75 Å². The molecule has 3 rings (SSSR count). The number of rotatable bonds is 4. The van der Waals surface area contributed by atoms with Gasteiger partial charge in [-0.25, -0.2) is 4.39 Å². The van der Waals surface area contributed by atoms with E-state index in [1.807, 2.05) is 31.2 Å². The molecule has 132 valence electrons. The molecule has 0 saturated heterocycles. The Bertz CT molecular complexity index is 1030. The van der Waals surface area contributed by atoms with Crippen LogP contribution in [-0.4, -0.2) is 15.9 Å². The molecule has 0 unspecified atom stereocenters. The summed E-state index contributed by atoms with van der Waals surface area (Å²) in [5, 5.41) is 11.9. The minimum absolute atomic E-state index is 0.122. The molecule has 0 spiro atoms. The van der Waals surface area contributed by atoms with Crippen molar-refractivity contribution in [2.75, 3.05) is 0 Å². The van der Waals surface area contributed by atoms with Gasteiger partial charge in [0, 0.05) is 23.2 Å². The van der Waals surface area contributed by atoms with Gasteiger partial charge in [-0.2, -0.15) is 0 Å². The number of fused-ring (bicyclic) bond motifs is 1. The van der Waals surface area contributed by atoms with E-state index >= 15 is 0 Å². The van der Waals surface area contributed by atoms with E-state index in [9.17, 15) is 19.3 Å². The summed E-state index contributed by atoms with van der Waals surface area (Å²) in [6.45, 7) is 3.66. The Balaban J connectivity index is 1.91. The van der Waals surface area contributed by atoms with Gasteiger partial charge in [-0.1, -0.05) is 18.2 Å². The summed E-state index contributed by atoms with van der Waals surface area (Å²) in [4.78, 5) is 27.1. The van der Waals surface area contributed by atoms with Gasteiger partial charge >= 0.3 is 11.7 Å². The molecule has 0 N–H and O–H groups in total. The van der Waals surface area contributed by atoms with Gasteiger partial charge in [0.1, 0.15) is 5.82 Å². The molecule has 0 radical (unpaired) electrons. The van der Waals surface area contributed by atoms with Crippen LogP contribution in [0.2, 0.25) is 0 Å². The summed E-state index contributed by atoms with van der Waals surface area (Å²) in [7, 11) is 0. The Morgan fingerprint density at radius 1 is 1.23 bits per heavy atom. The van der Waals surface area contributed by atoms with Crippen LogP contribution < -0.4 is 4.74 Å². The highest BCUT2D eigenvalue weighted by Gasteiger charge is 2.20. The molecule has 26 heavy (non-hydrogen) atoms. The number of aryl methyl sites for hydroxylation is 2. The molecule has 0 fully saturated rings. The Labute approximate surface area is 148 Å². The lowest BCUT2D eigenvalue weighted by atomic mass is 10.00. The van der Waals surface area contributed by atoms with Crippen LogP contribution in [0, 0.1) is 29.8 Å². The monoisotopic (exact) mass is 354 g/mol. The van der Waals surface area contributed by atoms with Crippen molar-refractivity contribution in [1.29, 1.82) is 0 Å². The predicted octanol–water partition coefficient (Wildman–Crippen LogP) is 4.05. The van der Waals surface area contributed by atoms with Crippen LogP contribution in [0.1, 0.15) is 16.8 Å². The minimum atomic E-state index is -0.726. The fourth-order valence-electron chi connectivity index (χ4n) is 2.85. The Hall–Kier alpha value is -3.35. The van der Waals surface area contributed by atoms with Crippen molar-refractivity contribution in [3.05, 3.63) is 75.2 Å². The highest BCUT2D eigenvalue weighted by atomic mass is 19.1. The first-order chi connectivity index (χ1) is 12.4. The maximum atomic E-state index is 13.4. The molecule has 0 amide bonds. The minimum Gasteiger partial charge on any atom is -0.419 e. The molecule has 1 aromatic heterocycles. The summed E-state index contributed by atoms with van der Waals surface area (Å²) in [6.07, 6.45) is -0.122. The quantitative estimate of drug-likeness (QED) is 0.305. The number of nitro benzene ring substituents is 1. The van der Waals surface area contributed by atoms with Gasteiger partial charge in [-0.05, 0) is 37.1 Å². The summed E-state index contributed by atoms with van der Waals surface area (Å²) >= 11 is 0. The third-order valence-electron chi connectivity index (χ3n) is 4.15. The summed E-state index contributed by atoms with van der Waals surface area (Å²) in [5.74, 6) is -1.86. The third kappa shape index (κ3) is 3.37. The number of pyridine rings is 1. The Kier molecular flexibility index (Phi) is 4.62. The number of nitrogens with zero attached hydrogens (tertiary/aromatic N) is 2. The van der Waals surface area contributed by atoms with Crippen LogP contribution in [0.5, 0.6) is 5.75 Å². The van der Waals surface area contributed by atoms with Crippen molar-refractivity contribution >= 4 is 22.6 Å². The summed E-state index contributed by atoms with van der Waals surface area (Å²) in [5.41, 5.74) is 2.60. The first-order valence-corrected chi connectivity index (χ1v) is 7.86. The zero-order valence-electron chi connectivity index (χ0n) is 14.2. The normalized spacial score (nSPS) is 10.7. The number of benzene rings is 2. The van der Waals surface area contributed by atoms with Crippen LogP contribution in [0.15, 0.2) is 42.5 Å². The maximum Gasteiger partial charge on any atom is 0.315 e. The lowest BCUT2D eigenvalue weighted by molar-refractivity contribution is -0.385. The second-order valence-corrected chi connectivity index (χ2v) is 5.84. The fraction of sp³-hybridized carbons (Fsp3) is 0.158. The molecule has 2 aromatic carbocycles. The number of esters is 1. The zero-order valence-corrected chi connectivity index (χ0v) is 14.2. The van der Waals surface area contributed by atoms with Crippen molar-refractivity contribution in [2.24, 2.45) is 0 Å². The fourth-order valence-corrected chi connectivity index (χ4v) is 2.85. The van der Waals surface area contributed by atoms with Crippen LogP contribution in [0.3, 0.4) is 0 Å². The van der Waals surface area contributed by atoms with E-state index in [2.05, 4.69) is 4.98 Å². The van der Waals surface area contributed by atoms with Crippen molar-refractivity contribution in [2.45, 2.75) is 20.3 Å². The molecule has 1 heterocycles. The van der Waals surface area contributed by atoms with Crippen LogP contribution in [-0.2, 0) is 11.2 Å². The van der Waals surface area contributed by atoms with Crippen LogP contribution in [0.4, 0.5) is 10.1 Å². The topological polar surface area (TPSA) is 82.3 Å². The van der Waals surface area contributed by atoms with Gasteiger partial charge in [0.05, 0.1) is 16.9 Å². The number of para-hydroxylation sites is 1. The van der Waals surface area contributed by atoms with Crippen LogP contribution >= 0.6 is 0 Å². The molecule has 6 nitrogen and oxygen atoms in total. The van der Waals surface area contributed by atoms with E-state index in [0.717, 1.165) is 34.7 Å². The highest BCUT2D eigenvalue weighted by Crippen LogP contribution is 2.28. The summed E-state index contributed by atoms with van der Waals surface area (Å²) in [6, 6.07) is 10.3. The maximum absolute atomic E-state index is 13.4. The Morgan fingerprint density at radius 2 is 1.96 bits per heavy atom. The number of aromatic nitrogens is 1. The second kappa shape index (κ2) is 6.87. The first-order valence-electron chi connectivity index (χ1n) is 7.86. The van der Waals surface area contributed by atoms with Crippen molar-refractivity contribution in [3.8, 4) is 5.75 Å². The van der Waals surface area contributed by atoms with Gasteiger partial charge in [-0.15, -0.1) is 0 Å². The van der Waals surface area contributed by atoms with Gasteiger partial charge in [0.25, 0.3) is 0 Å². The molecule has 0 bridgehead atoms. The first kappa shape index (κ1) is 17.5. The molecule has 0 aliphatic heterocycles. The lowest BCUT2D eigenvalue weighted by Gasteiger charge is -2.12. The zero-order chi connectivity index (χ0) is 18.8. The number of ether oxygens (including phenoxy) is 1. The average Bonchev–Trinajstić information content (AvgIpc) is 2.58. The number of halogens is 1.